The second-order valence-electron chi connectivity index (χ2n) is 3.58. The number of ether oxygens (including phenoxy) is 2. The van der Waals surface area contributed by atoms with Gasteiger partial charge in [0.15, 0.2) is 5.78 Å². The van der Waals surface area contributed by atoms with Crippen molar-refractivity contribution in [2.24, 2.45) is 0 Å². The number of hydrogen-bond donors (Lipinski definition) is 3. The molecule has 17 heavy (non-hydrogen) atoms. The second kappa shape index (κ2) is 7.46. The Kier molecular flexibility index (Phi) is 7.09. The van der Waals surface area contributed by atoms with Crippen LogP contribution in [0.15, 0.2) is 0 Å². The van der Waals surface area contributed by atoms with Crippen LogP contribution in [0, 0.1) is 0 Å². The van der Waals surface area contributed by atoms with E-state index in [9.17, 15) is 24.9 Å². The van der Waals surface area contributed by atoms with Crippen molar-refractivity contribution in [2.45, 2.75) is 31.3 Å². The maximum absolute atomic E-state index is 11.2. The third kappa shape index (κ3) is 4.49. The van der Waals surface area contributed by atoms with Crippen LogP contribution in [-0.2, 0) is 19.1 Å². The summed E-state index contributed by atoms with van der Waals surface area (Å²) in [5, 5.41) is 28.6. The van der Waals surface area contributed by atoms with Crippen molar-refractivity contribution < 1.29 is 34.4 Å². The Morgan fingerprint density at radius 3 is 2.06 bits per heavy atom. The molecule has 100 valence electrons. The SMILES string of the molecule is COC[C@@H](O)[C@@H](O)[C@H](OC)[C@@H](O)C(=O)C(C)=O. The molecule has 0 aliphatic rings. The van der Waals surface area contributed by atoms with Gasteiger partial charge in [-0.15, -0.1) is 0 Å². The molecule has 0 fully saturated rings. The molecule has 0 unspecified atom stereocenters. The monoisotopic (exact) mass is 250 g/mol. The molecule has 0 spiro atoms. The van der Waals surface area contributed by atoms with Crippen molar-refractivity contribution in [3.8, 4) is 0 Å². The molecule has 0 saturated heterocycles. The Morgan fingerprint density at radius 1 is 1.18 bits per heavy atom. The Morgan fingerprint density at radius 2 is 1.71 bits per heavy atom. The Hall–Kier alpha value is -0.860. The van der Waals surface area contributed by atoms with Gasteiger partial charge >= 0.3 is 0 Å². The van der Waals surface area contributed by atoms with Crippen molar-refractivity contribution in [2.75, 3.05) is 20.8 Å². The first-order valence-electron chi connectivity index (χ1n) is 4.97. The van der Waals surface area contributed by atoms with Gasteiger partial charge in [-0.05, 0) is 0 Å². The van der Waals surface area contributed by atoms with Crippen molar-refractivity contribution in [1.82, 2.24) is 0 Å². The van der Waals surface area contributed by atoms with Gasteiger partial charge in [0, 0.05) is 21.1 Å². The molecule has 0 bridgehead atoms. The summed E-state index contributed by atoms with van der Waals surface area (Å²) in [5.74, 6) is -1.94. The molecular weight excluding hydrogens is 232 g/mol. The summed E-state index contributed by atoms with van der Waals surface area (Å²) < 4.78 is 9.33. The van der Waals surface area contributed by atoms with Crippen molar-refractivity contribution >= 4 is 11.6 Å². The van der Waals surface area contributed by atoms with Crippen molar-refractivity contribution in [3.05, 3.63) is 0 Å². The van der Waals surface area contributed by atoms with E-state index in [1.54, 1.807) is 0 Å². The van der Waals surface area contributed by atoms with Crippen LogP contribution in [0.25, 0.3) is 0 Å². The highest BCUT2D eigenvalue weighted by atomic mass is 16.5. The Balaban J connectivity index is 4.70. The first-order valence-corrected chi connectivity index (χ1v) is 4.97. The van der Waals surface area contributed by atoms with E-state index in [2.05, 4.69) is 4.74 Å². The van der Waals surface area contributed by atoms with Crippen LogP contribution in [0.5, 0.6) is 0 Å². The number of carbonyl (C=O) groups is 2. The van der Waals surface area contributed by atoms with Gasteiger partial charge in [0.05, 0.1) is 6.61 Å². The van der Waals surface area contributed by atoms with E-state index in [1.165, 1.54) is 7.11 Å². The highest BCUT2D eigenvalue weighted by molar-refractivity contribution is 6.38. The number of aliphatic hydroxyl groups excluding tert-OH is 3. The molecular formula is C10H18O7. The minimum absolute atomic E-state index is 0.192. The third-order valence-corrected chi connectivity index (χ3v) is 2.27. The van der Waals surface area contributed by atoms with Gasteiger partial charge in [-0.25, -0.2) is 0 Å². The van der Waals surface area contributed by atoms with Crippen LogP contribution in [0.2, 0.25) is 0 Å². The summed E-state index contributed by atoms with van der Waals surface area (Å²) in [6.45, 7) is 0.804. The Bertz CT molecular complexity index is 265. The lowest BCUT2D eigenvalue weighted by Crippen LogP contribution is -2.51. The standard InChI is InChI=1S/C10H18O7/c1-5(11)7(13)9(15)10(17-3)8(14)6(12)4-16-2/h6,8-10,12,14-15H,4H2,1-3H3/t6-,8-,9+,10+/m1/s1. The molecule has 7 heteroatoms. The number of ketones is 2. The summed E-state index contributed by atoms with van der Waals surface area (Å²) >= 11 is 0. The van der Waals surface area contributed by atoms with E-state index in [0.717, 1.165) is 14.0 Å². The van der Waals surface area contributed by atoms with Gasteiger partial charge < -0.3 is 24.8 Å². The van der Waals surface area contributed by atoms with Gasteiger partial charge in [0.1, 0.15) is 24.4 Å². The van der Waals surface area contributed by atoms with E-state index in [-0.39, 0.29) is 6.61 Å². The van der Waals surface area contributed by atoms with Gasteiger partial charge in [-0.3, -0.25) is 9.59 Å². The molecule has 0 rings (SSSR count). The van der Waals surface area contributed by atoms with Crippen molar-refractivity contribution in [1.29, 1.82) is 0 Å². The molecule has 0 heterocycles. The van der Waals surface area contributed by atoms with E-state index >= 15 is 0 Å². The van der Waals surface area contributed by atoms with Crippen LogP contribution in [-0.4, -0.2) is 72.1 Å². The van der Waals surface area contributed by atoms with Crippen LogP contribution in [0.4, 0.5) is 0 Å². The average molecular weight is 250 g/mol. The minimum atomic E-state index is -1.82. The molecule has 0 aliphatic heterocycles. The summed E-state index contributed by atoms with van der Waals surface area (Å²) in [6, 6.07) is 0. The quantitative estimate of drug-likeness (QED) is 0.422. The molecule has 7 nitrogen and oxygen atoms in total. The molecule has 0 aliphatic carbocycles. The lowest BCUT2D eigenvalue weighted by atomic mass is 9.98. The van der Waals surface area contributed by atoms with E-state index in [1.807, 2.05) is 0 Å². The first-order chi connectivity index (χ1) is 7.86. The zero-order chi connectivity index (χ0) is 13.6. The number of hydrogen-bond acceptors (Lipinski definition) is 7. The molecule has 0 amide bonds. The highest BCUT2D eigenvalue weighted by Crippen LogP contribution is 2.10. The fraction of sp³-hybridized carbons (Fsp3) is 0.800. The normalized spacial score (nSPS) is 18.2. The Labute approximate surface area is 99.0 Å². The zero-order valence-electron chi connectivity index (χ0n) is 9.99. The zero-order valence-corrected chi connectivity index (χ0v) is 9.99. The highest BCUT2D eigenvalue weighted by Gasteiger charge is 2.37. The van der Waals surface area contributed by atoms with E-state index < -0.39 is 36.0 Å². The molecule has 0 aromatic heterocycles. The van der Waals surface area contributed by atoms with E-state index in [4.69, 9.17) is 4.74 Å². The lowest BCUT2D eigenvalue weighted by molar-refractivity contribution is -0.158. The smallest absolute Gasteiger partial charge is 0.229 e. The average Bonchev–Trinajstić information content (AvgIpc) is 2.28. The molecule has 3 N–H and O–H groups in total. The van der Waals surface area contributed by atoms with Gasteiger partial charge in [0.2, 0.25) is 5.78 Å². The number of Topliss-reactive ketones (excluding diaryl/α,β-unsaturated/α-hetero) is 2. The first kappa shape index (κ1) is 16.1. The van der Waals surface area contributed by atoms with Gasteiger partial charge in [-0.1, -0.05) is 0 Å². The minimum Gasteiger partial charge on any atom is -0.388 e. The molecule has 0 aromatic carbocycles. The molecule has 0 radical (unpaired) electrons. The lowest BCUT2D eigenvalue weighted by Gasteiger charge is -2.27. The fourth-order valence-electron chi connectivity index (χ4n) is 1.30. The summed E-state index contributed by atoms with van der Waals surface area (Å²) in [5.41, 5.74) is 0. The van der Waals surface area contributed by atoms with Crippen LogP contribution in [0.1, 0.15) is 6.92 Å². The number of carbonyl (C=O) groups excluding carboxylic acids is 2. The number of methoxy groups -OCH3 is 2. The second-order valence-corrected chi connectivity index (χ2v) is 3.58. The van der Waals surface area contributed by atoms with Gasteiger partial charge in [0.25, 0.3) is 0 Å². The van der Waals surface area contributed by atoms with E-state index in [0.29, 0.717) is 0 Å². The van der Waals surface area contributed by atoms with Crippen LogP contribution >= 0.6 is 0 Å². The number of aliphatic hydroxyl groups is 3. The third-order valence-electron chi connectivity index (χ3n) is 2.27. The summed E-state index contributed by atoms with van der Waals surface area (Å²) in [7, 11) is 2.46. The topological polar surface area (TPSA) is 113 Å². The largest absolute Gasteiger partial charge is 0.388 e. The summed E-state index contributed by atoms with van der Waals surface area (Å²) in [6.07, 6.45) is -6.09. The van der Waals surface area contributed by atoms with Gasteiger partial charge in [-0.2, -0.15) is 0 Å². The maximum atomic E-state index is 11.2. The summed E-state index contributed by atoms with van der Waals surface area (Å²) in [4.78, 5) is 22.0. The molecule has 4 atom stereocenters. The molecule has 0 aromatic rings. The predicted molar refractivity (Wildman–Crippen MR) is 56.4 cm³/mol. The van der Waals surface area contributed by atoms with Crippen LogP contribution in [0.3, 0.4) is 0 Å². The fourth-order valence-corrected chi connectivity index (χ4v) is 1.30. The van der Waals surface area contributed by atoms with Crippen molar-refractivity contribution in [3.63, 3.8) is 0 Å². The predicted octanol–water partition coefficient (Wildman–Crippen LogP) is -2.11. The number of rotatable bonds is 8. The molecule has 0 saturated carbocycles. The van der Waals surface area contributed by atoms with Crippen LogP contribution < -0.4 is 0 Å². The maximum Gasteiger partial charge on any atom is 0.229 e.